The molecular formula is C40H64N2Ni. The molecule has 0 atom stereocenters. The average molecular weight is 632 g/mol. The van der Waals surface area contributed by atoms with Crippen molar-refractivity contribution in [3.8, 4) is 0 Å². The molecule has 0 aromatic heterocycles. The molecule has 0 bridgehead atoms. The Morgan fingerprint density at radius 2 is 0.698 bits per heavy atom. The van der Waals surface area contributed by atoms with Crippen molar-refractivity contribution in [3.63, 3.8) is 0 Å². The summed E-state index contributed by atoms with van der Waals surface area (Å²) in [5, 5.41) is 0. The number of nitrogens with zero attached hydrogens (tertiary/aromatic N) is 2. The topological polar surface area (TPSA) is 24.7 Å². The molecule has 0 unspecified atom stereocenters. The molecule has 0 spiro atoms. The largest absolute Gasteiger partial charge is 0.252 e. The van der Waals surface area contributed by atoms with E-state index < -0.39 is 0 Å². The minimum absolute atomic E-state index is 0. The molecule has 3 heteroatoms. The monoisotopic (exact) mass is 630 g/mol. The van der Waals surface area contributed by atoms with Gasteiger partial charge in [-0.05, 0) is 124 Å². The molecule has 0 aliphatic rings. The maximum atomic E-state index is 5.45. The van der Waals surface area contributed by atoms with Gasteiger partial charge in [0.25, 0.3) is 0 Å². The van der Waals surface area contributed by atoms with Crippen LogP contribution in [0.25, 0.3) is 0 Å². The number of unbranched alkanes of at least 4 members (excludes halogenated alkanes) is 8. The number of hydrogen-bond acceptors (Lipinski definition) is 2. The predicted molar refractivity (Wildman–Crippen MR) is 190 cm³/mol. The summed E-state index contributed by atoms with van der Waals surface area (Å²) < 4.78 is 0. The van der Waals surface area contributed by atoms with Crippen LogP contribution in [-0.4, -0.2) is 11.4 Å². The van der Waals surface area contributed by atoms with Gasteiger partial charge < -0.3 is 0 Å². The van der Waals surface area contributed by atoms with E-state index in [1.165, 1.54) is 111 Å². The third kappa shape index (κ3) is 16.2. The zero-order valence-electron chi connectivity index (χ0n) is 28.8. The molecule has 2 aromatic carbocycles. The van der Waals surface area contributed by atoms with Crippen molar-refractivity contribution in [2.24, 2.45) is 9.98 Å². The molecular weight excluding hydrogens is 567 g/mol. The van der Waals surface area contributed by atoms with E-state index in [1.807, 2.05) is 0 Å². The fraction of sp³-hybridized carbons (Fsp3) is 0.650. The number of aryl methyl sites for hydroxylation is 4. The molecule has 0 amide bonds. The Bertz CT molecular complexity index is 1010. The Morgan fingerprint density at radius 3 is 1.00 bits per heavy atom. The smallest absolute Gasteiger partial charge is 0.0639 e. The van der Waals surface area contributed by atoms with E-state index in [0.717, 1.165) is 62.7 Å². The predicted octanol–water partition coefficient (Wildman–Crippen LogP) is 13.1. The maximum absolute atomic E-state index is 5.45. The van der Waals surface area contributed by atoms with Crippen molar-refractivity contribution in [1.29, 1.82) is 0 Å². The van der Waals surface area contributed by atoms with E-state index in [-0.39, 0.29) is 16.5 Å². The average Bonchev–Trinajstić information content (AvgIpc) is 2.99. The van der Waals surface area contributed by atoms with Crippen LogP contribution in [0.3, 0.4) is 0 Å². The van der Waals surface area contributed by atoms with Crippen LogP contribution in [-0.2, 0) is 42.2 Å². The molecule has 2 aromatic rings. The van der Waals surface area contributed by atoms with Crippen LogP contribution in [0.1, 0.15) is 167 Å². The minimum atomic E-state index is 0. The molecule has 0 aliphatic heterocycles. The minimum Gasteiger partial charge on any atom is -0.252 e. The zero-order valence-corrected chi connectivity index (χ0v) is 29.8. The fourth-order valence-corrected chi connectivity index (χ4v) is 5.64. The fourth-order valence-electron chi connectivity index (χ4n) is 5.64. The third-order valence-corrected chi connectivity index (χ3v) is 8.25. The molecule has 43 heavy (non-hydrogen) atoms. The SMILES string of the molecule is CCCCCc1cc(CCCCC)cc(N=C(CCCC)C(CCCC)=Nc2cc(CCCC)cc(CCCC)c2)c1.[Ni]. The van der Waals surface area contributed by atoms with Crippen molar-refractivity contribution >= 4 is 22.8 Å². The zero-order chi connectivity index (χ0) is 30.4. The van der Waals surface area contributed by atoms with Crippen LogP contribution >= 0.6 is 0 Å². The first-order valence-corrected chi connectivity index (χ1v) is 18.0. The van der Waals surface area contributed by atoms with Crippen molar-refractivity contribution in [2.45, 2.75) is 170 Å². The van der Waals surface area contributed by atoms with E-state index in [2.05, 4.69) is 77.9 Å². The van der Waals surface area contributed by atoms with Gasteiger partial charge in [0.2, 0.25) is 0 Å². The van der Waals surface area contributed by atoms with E-state index in [9.17, 15) is 0 Å². The van der Waals surface area contributed by atoms with E-state index in [1.54, 1.807) is 0 Å². The number of benzene rings is 2. The summed E-state index contributed by atoms with van der Waals surface area (Å²) in [6, 6.07) is 14.4. The Kier molecular flexibility index (Phi) is 22.5. The van der Waals surface area contributed by atoms with Gasteiger partial charge in [-0.25, -0.2) is 0 Å². The van der Waals surface area contributed by atoms with Crippen LogP contribution in [0.4, 0.5) is 11.4 Å². The number of aliphatic imine (C=N–C) groups is 2. The first-order chi connectivity index (χ1) is 20.6. The molecule has 0 radical (unpaired) electrons. The van der Waals surface area contributed by atoms with Gasteiger partial charge >= 0.3 is 0 Å². The second-order valence-corrected chi connectivity index (χ2v) is 12.5. The number of hydrogen-bond donors (Lipinski definition) is 0. The van der Waals surface area contributed by atoms with Crippen LogP contribution in [0.15, 0.2) is 46.4 Å². The Balaban J connectivity index is 0.00000924. The van der Waals surface area contributed by atoms with Crippen molar-refractivity contribution in [2.75, 3.05) is 0 Å². The first-order valence-electron chi connectivity index (χ1n) is 18.0. The molecule has 0 saturated carbocycles. The summed E-state index contributed by atoms with van der Waals surface area (Å²) in [7, 11) is 0. The molecule has 0 fully saturated rings. The van der Waals surface area contributed by atoms with Gasteiger partial charge in [0.15, 0.2) is 0 Å². The number of rotatable bonds is 23. The Hall–Kier alpha value is -1.73. The second kappa shape index (κ2) is 24.6. The summed E-state index contributed by atoms with van der Waals surface area (Å²) in [4.78, 5) is 10.9. The summed E-state index contributed by atoms with van der Waals surface area (Å²) in [5.74, 6) is 0. The molecule has 0 heterocycles. The third-order valence-electron chi connectivity index (χ3n) is 8.25. The van der Waals surface area contributed by atoms with Gasteiger partial charge in [0.05, 0.1) is 22.8 Å². The maximum Gasteiger partial charge on any atom is 0.0639 e. The van der Waals surface area contributed by atoms with E-state index in [4.69, 9.17) is 9.98 Å². The van der Waals surface area contributed by atoms with Crippen LogP contribution in [0.2, 0.25) is 0 Å². The summed E-state index contributed by atoms with van der Waals surface area (Å²) in [6.45, 7) is 13.7. The summed E-state index contributed by atoms with van der Waals surface area (Å²) >= 11 is 0. The van der Waals surface area contributed by atoms with Gasteiger partial charge in [0.1, 0.15) is 0 Å². The Morgan fingerprint density at radius 1 is 0.395 bits per heavy atom. The van der Waals surface area contributed by atoms with Gasteiger partial charge in [-0.2, -0.15) is 0 Å². The van der Waals surface area contributed by atoms with Crippen LogP contribution in [0, 0.1) is 0 Å². The summed E-state index contributed by atoms with van der Waals surface area (Å²) in [6.07, 6.45) is 23.8. The Labute approximate surface area is 277 Å². The van der Waals surface area contributed by atoms with Crippen molar-refractivity contribution < 1.29 is 16.5 Å². The van der Waals surface area contributed by atoms with Crippen LogP contribution in [0.5, 0.6) is 0 Å². The summed E-state index contributed by atoms with van der Waals surface area (Å²) in [5.41, 5.74) is 10.5. The van der Waals surface area contributed by atoms with E-state index >= 15 is 0 Å². The molecule has 244 valence electrons. The standard InChI is InChI=1S/C40H64N2.Ni/c1-7-13-19-23-35-28-36(24-20-14-8-2)32-38(31-35)42-40(26-18-12-6)39(25-17-11-5)41-37-29-33(21-15-9-3)27-34(30-37)22-16-10-4;/h27-32H,7-26H2,1-6H3;. The van der Waals surface area contributed by atoms with E-state index in [0.29, 0.717) is 0 Å². The molecule has 0 aliphatic carbocycles. The van der Waals surface area contributed by atoms with Gasteiger partial charge in [-0.1, -0.05) is 105 Å². The molecule has 2 nitrogen and oxygen atoms in total. The first kappa shape index (κ1) is 39.3. The normalized spacial score (nSPS) is 12.0. The quantitative estimate of drug-likeness (QED) is 0.0662. The van der Waals surface area contributed by atoms with Crippen molar-refractivity contribution in [3.05, 3.63) is 58.7 Å². The van der Waals surface area contributed by atoms with Gasteiger partial charge in [-0.15, -0.1) is 0 Å². The van der Waals surface area contributed by atoms with Gasteiger partial charge in [0, 0.05) is 16.5 Å². The molecule has 0 N–H and O–H groups in total. The molecule has 2 rings (SSSR count). The van der Waals surface area contributed by atoms with Crippen molar-refractivity contribution in [1.82, 2.24) is 0 Å². The molecule has 0 saturated heterocycles. The van der Waals surface area contributed by atoms with Crippen LogP contribution < -0.4 is 0 Å². The van der Waals surface area contributed by atoms with Gasteiger partial charge in [-0.3, -0.25) is 9.98 Å². The second-order valence-electron chi connectivity index (χ2n) is 12.5.